The van der Waals surface area contributed by atoms with Crippen molar-refractivity contribution in [2.45, 2.75) is 11.8 Å². The fraction of sp³-hybridized carbons (Fsp3) is 0.0769. The van der Waals surface area contributed by atoms with E-state index in [0.717, 1.165) is 40.4 Å². The maximum atomic E-state index is 11.0. The molecule has 156 valence electrons. The molecule has 0 saturated carbocycles. The highest BCUT2D eigenvalue weighted by atomic mass is 16.1. The Hall–Kier alpha value is -4.32. The molecule has 0 aliphatic heterocycles. The SMILES string of the molecule is O=CC=Cn1nc(Nc2ccccc2)c2c1CC(c1ccccn1)(c1ccccn1)C=C2. The Morgan fingerprint density at radius 3 is 2.22 bits per heavy atom. The van der Waals surface area contributed by atoms with E-state index in [-0.39, 0.29) is 0 Å². The summed E-state index contributed by atoms with van der Waals surface area (Å²) in [5.41, 5.74) is 4.16. The van der Waals surface area contributed by atoms with E-state index in [9.17, 15) is 4.79 Å². The smallest absolute Gasteiger partial charge is 0.160 e. The van der Waals surface area contributed by atoms with Crippen molar-refractivity contribution < 1.29 is 4.79 Å². The number of hydrogen-bond donors (Lipinski definition) is 1. The molecule has 0 bridgehead atoms. The van der Waals surface area contributed by atoms with E-state index in [0.29, 0.717) is 6.42 Å². The van der Waals surface area contributed by atoms with Crippen LogP contribution in [0.3, 0.4) is 0 Å². The molecule has 1 aliphatic rings. The van der Waals surface area contributed by atoms with Crippen LogP contribution in [-0.2, 0) is 16.6 Å². The fourth-order valence-corrected chi connectivity index (χ4v) is 4.11. The van der Waals surface area contributed by atoms with Gasteiger partial charge in [-0.1, -0.05) is 42.5 Å². The zero-order valence-electron chi connectivity index (χ0n) is 17.3. The van der Waals surface area contributed by atoms with E-state index in [2.05, 4.69) is 27.4 Å². The van der Waals surface area contributed by atoms with Gasteiger partial charge in [-0.05, 0) is 42.5 Å². The summed E-state index contributed by atoms with van der Waals surface area (Å²) in [5, 5.41) is 8.14. The first-order valence-corrected chi connectivity index (χ1v) is 10.4. The summed E-state index contributed by atoms with van der Waals surface area (Å²) in [6, 6.07) is 21.7. The van der Waals surface area contributed by atoms with E-state index in [1.807, 2.05) is 66.7 Å². The predicted molar refractivity (Wildman–Crippen MR) is 125 cm³/mol. The second kappa shape index (κ2) is 8.43. The Morgan fingerprint density at radius 1 is 0.906 bits per heavy atom. The molecule has 3 heterocycles. The molecule has 6 heteroatoms. The minimum absolute atomic E-state index is 0.549. The third-order valence-electron chi connectivity index (χ3n) is 5.62. The summed E-state index contributed by atoms with van der Waals surface area (Å²) < 4.78 is 1.76. The van der Waals surface area contributed by atoms with Crippen LogP contribution < -0.4 is 5.32 Å². The molecule has 3 aromatic heterocycles. The van der Waals surface area contributed by atoms with Gasteiger partial charge in [0.15, 0.2) is 5.82 Å². The predicted octanol–water partition coefficient (Wildman–Crippen LogP) is 4.64. The van der Waals surface area contributed by atoms with Gasteiger partial charge in [0, 0.05) is 36.3 Å². The normalized spacial score (nSPS) is 14.2. The standard InChI is InChI=1S/C26H21N5O/c32-18-8-17-31-22-19-26(23-11-4-6-15-27-23,24-12-5-7-16-28-24)14-13-21(22)25(30-31)29-20-9-2-1-3-10-20/h1-18H,19H2,(H,29,30). The first kappa shape index (κ1) is 19.6. The van der Waals surface area contributed by atoms with Crippen molar-refractivity contribution >= 4 is 30.1 Å². The van der Waals surface area contributed by atoms with Crippen molar-refractivity contribution in [1.29, 1.82) is 0 Å². The monoisotopic (exact) mass is 419 g/mol. The van der Waals surface area contributed by atoms with Gasteiger partial charge in [0.25, 0.3) is 0 Å². The number of nitrogens with zero attached hydrogens (tertiary/aromatic N) is 4. The van der Waals surface area contributed by atoms with Crippen molar-refractivity contribution in [1.82, 2.24) is 19.7 Å². The van der Waals surface area contributed by atoms with Gasteiger partial charge in [-0.3, -0.25) is 14.8 Å². The summed E-state index contributed by atoms with van der Waals surface area (Å²) in [5.74, 6) is 0.730. The van der Waals surface area contributed by atoms with Crippen molar-refractivity contribution in [2.75, 3.05) is 5.32 Å². The lowest BCUT2D eigenvalue weighted by Gasteiger charge is -2.32. The van der Waals surface area contributed by atoms with E-state index < -0.39 is 5.41 Å². The maximum Gasteiger partial charge on any atom is 0.160 e. The zero-order valence-corrected chi connectivity index (χ0v) is 17.3. The number of aromatic nitrogens is 4. The van der Waals surface area contributed by atoms with E-state index in [1.54, 1.807) is 23.3 Å². The fourth-order valence-electron chi connectivity index (χ4n) is 4.11. The van der Waals surface area contributed by atoms with E-state index in [1.165, 1.54) is 6.08 Å². The largest absolute Gasteiger partial charge is 0.338 e. The minimum Gasteiger partial charge on any atom is -0.338 e. The third-order valence-corrected chi connectivity index (χ3v) is 5.62. The van der Waals surface area contributed by atoms with Crippen LogP contribution in [0.5, 0.6) is 0 Å². The van der Waals surface area contributed by atoms with Crippen molar-refractivity contribution in [3.05, 3.63) is 114 Å². The molecular weight excluding hydrogens is 398 g/mol. The van der Waals surface area contributed by atoms with Gasteiger partial charge in [-0.2, -0.15) is 0 Å². The van der Waals surface area contributed by atoms with Gasteiger partial charge in [-0.15, -0.1) is 5.10 Å². The quantitative estimate of drug-likeness (QED) is 0.364. The van der Waals surface area contributed by atoms with Crippen LogP contribution in [0.1, 0.15) is 22.6 Å². The van der Waals surface area contributed by atoms with Gasteiger partial charge in [0.05, 0.1) is 22.5 Å². The lowest BCUT2D eigenvalue weighted by atomic mass is 9.72. The molecular formula is C26H21N5O. The number of carbonyl (C=O) groups is 1. The first-order valence-electron chi connectivity index (χ1n) is 10.4. The number of anilines is 2. The molecule has 0 saturated heterocycles. The van der Waals surface area contributed by atoms with Gasteiger partial charge < -0.3 is 5.32 Å². The summed E-state index contributed by atoms with van der Waals surface area (Å²) in [6.45, 7) is 0. The Kier molecular flexibility index (Phi) is 5.17. The van der Waals surface area contributed by atoms with Crippen LogP contribution in [0, 0.1) is 0 Å². The van der Waals surface area contributed by atoms with Crippen LogP contribution in [-0.4, -0.2) is 26.0 Å². The van der Waals surface area contributed by atoms with Gasteiger partial charge in [0.1, 0.15) is 6.29 Å². The van der Waals surface area contributed by atoms with Crippen molar-refractivity contribution in [3.63, 3.8) is 0 Å². The van der Waals surface area contributed by atoms with Crippen molar-refractivity contribution in [2.24, 2.45) is 0 Å². The van der Waals surface area contributed by atoms with E-state index >= 15 is 0 Å². The maximum absolute atomic E-state index is 11.0. The van der Waals surface area contributed by atoms with Gasteiger partial charge in [0.2, 0.25) is 0 Å². The molecule has 5 rings (SSSR count). The molecule has 0 radical (unpaired) electrons. The van der Waals surface area contributed by atoms with E-state index in [4.69, 9.17) is 5.10 Å². The molecule has 1 N–H and O–H groups in total. The molecule has 6 nitrogen and oxygen atoms in total. The number of aldehydes is 1. The molecule has 1 aliphatic carbocycles. The van der Waals surface area contributed by atoms with Gasteiger partial charge in [-0.25, -0.2) is 4.68 Å². The highest BCUT2D eigenvalue weighted by Crippen LogP contribution is 2.42. The Bertz CT molecular complexity index is 1240. The number of rotatable bonds is 6. The lowest BCUT2D eigenvalue weighted by molar-refractivity contribution is -0.104. The summed E-state index contributed by atoms with van der Waals surface area (Å²) in [4.78, 5) is 20.4. The second-order valence-electron chi connectivity index (χ2n) is 7.53. The van der Waals surface area contributed by atoms with Crippen LogP contribution in [0.15, 0.2) is 91.3 Å². The first-order chi connectivity index (χ1) is 15.8. The topological polar surface area (TPSA) is 72.7 Å². The summed E-state index contributed by atoms with van der Waals surface area (Å²) >= 11 is 0. The molecule has 1 aromatic carbocycles. The Balaban J connectivity index is 1.66. The molecule has 0 atom stereocenters. The van der Waals surface area contributed by atoms with Crippen LogP contribution >= 0.6 is 0 Å². The number of nitrogens with one attached hydrogen (secondary N) is 1. The number of para-hydroxylation sites is 1. The Labute approximate surface area is 186 Å². The molecule has 0 fully saturated rings. The van der Waals surface area contributed by atoms with Crippen LogP contribution in [0.2, 0.25) is 0 Å². The summed E-state index contributed by atoms with van der Waals surface area (Å²) in [7, 11) is 0. The lowest BCUT2D eigenvalue weighted by Crippen LogP contribution is -2.33. The highest BCUT2D eigenvalue weighted by Gasteiger charge is 2.39. The highest BCUT2D eigenvalue weighted by molar-refractivity contribution is 5.76. The molecule has 0 spiro atoms. The van der Waals surface area contributed by atoms with Crippen LogP contribution in [0.25, 0.3) is 12.3 Å². The molecule has 0 unspecified atom stereocenters. The average Bonchev–Trinajstić information content (AvgIpc) is 3.20. The minimum atomic E-state index is -0.549. The number of fused-ring (bicyclic) bond motifs is 1. The molecule has 4 aromatic rings. The zero-order chi connectivity index (χ0) is 21.8. The van der Waals surface area contributed by atoms with Crippen LogP contribution in [0.4, 0.5) is 11.5 Å². The van der Waals surface area contributed by atoms with Crippen molar-refractivity contribution in [3.8, 4) is 0 Å². The van der Waals surface area contributed by atoms with Gasteiger partial charge >= 0.3 is 0 Å². The number of benzene rings is 1. The Morgan fingerprint density at radius 2 is 1.59 bits per heavy atom. The number of hydrogen-bond acceptors (Lipinski definition) is 5. The third kappa shape index (κ3) is 3.52. The average molecular weight is 419 g/mol. The summed E-state index contributed by atoms with van der Waals surface area (Å²) in [6.07, 6.45) is 12.3. The second-order valence-corrected chi connectivity index (χ2v) is 7.53. The molecule has 0 amide bonds. The number of allylic oxidation sites excluding steroid dienone is 2. The number of carbonyl (C=O) groups excluding carboxylic acids is 1. The number of pyridine rings is 2. The molecule has 32 heavy (non-hydrogen) atoms.